The molecule has 2 rings (SSSR count). The van der Waals surface area contributed by atoms with Crippen molar-refractivity contribution < 1.29 is 4.92 Å². The molecule has 1 aromatic heterocycles. The van der Waals surface area contributed by atoms with Crippen molar-refractivity contribution in [2.24, 2.45) is 0 Å². The summed E-state index contributed by atoms with van der Waals surface area (Å²) in [5, 5.41) is 10.8. The van der Waals surface area contributed by atoms with Crippen LogP contribution in [-0.4, -0.2) is 24.0 Å². The minimum atomic E-state index is -0.413. The molecule has 18 heavy (non-hydrogen) atoms. The van der Waals surface area contributed by atoms with Gasteiger partial charge >= 0.3 is 0 Å². The summed E-state index contributed by atoms with van der Waals surface area (Å²) in [6.45, 7) is 0. The van der Waals surface area contributed by atoms with Gasteiger partial charge in [0, 0.05) is 43.7 Å². The molecule has 0 saturated heterocycles. The molecule has 0 N–H and O–H groups in total. The van der Waals surface area contributed by atoms with E-state index >= 15 is 0 Å². The molecule has 0 unspecified atom stereocenters. The van der Waals surface area contributed by atoms with Gasteiger partial charge in [0.15, 0.2) is 0 Å². The van der Waals surface area contributed by atoms with E-state index in [1.54, 1.807) is 0 Å². The van der Waals surface area contributed by atoms with Gasteiger partial charge in [0.25, 0.3) is 5.69 Å². The SMILES string of the molecule is CN(C)c1ccccc1-c1cc([N+](=O)[O-])ccn1. The molecule has 1 aromatic carbocycles. The molecular weight excluding hydrogens is 230 g/mol. The molecule has 0 fully saturated rings. The Bertz CT molecular complexity index is 582. The maximum absolute atomic E-state index is 10.8. The lowest BCUT2D eigenvalue weighted by molar-refractivity contribution is -0.384. The summed E-state index contributed by atoms with van der Waals surface area (Å²) >= 11 is 0. The molecular formula is C13H13N3O2. The number of aromatic nitrogens is 1. The number of rotatable bonds is 3. The standard InChI is InChI=1S/C13H13N3O2/c1-15(2)13-6-4-3-5-11(13)12-9-10(16(17)18)7-8-14-12/h3-9H,1-2H3. The van der Waals surface area contributed by atoms with Crippen molar-refractivity contribution in [1.82, 2.24) is 4.98 Å². The van der Waals surface area contributed by atoms with Crippen LogP contribution in [0, 0.1) is 10.1 Å². The first-order valence-corrected chi connectivity index (χ1v) is 5.47. The van der Waals surface area contributed by atoms with Gasteiger partial charge in [-0.25, -0.2) is 0 Å². The Balaban J connectivity index is 2.55. The fourth-order valence-electron chi connectivity index (χ4n) is 1.76. The third-order valence-corrected chi connectivity index (χ3v) is 2.62. The summed E-state index contributed by atoms with van der Waals surface area (Å²) in [7, 11) is 3.85. The second-order valence-electron chi connectivity index (χ2n) is 4.07. The van der Waals surface area contributed by atoms with E-state index in [4.69, 9.17) is 0 Å². The number of nitrogens with zero attached hydrogens (tertiary/aromatic N) is 3. The number of para-hydroxylation sites is 1. The minimum Gasteiger partial charge on any atom is -0.377 e. The van der Waals surface area contributed by atoms with Gasteiger partial charge < -0.3 is 4.90 Å². The van der Waals surface area contributed by atoms with E-state index in [1.807, 2.05) is 43.3 Å². The largest absolute Gasteiger partial charge is 0.377 e. The fourth-order valence-corrected chi connectivity index (χ4v) is 1.76. The van der Waals surface area contributed by atoms with E-state index < -0.39 is 4.92 Å². The van der Waals surface area contributed by atoms with Crippen LogP contribution in [0.4, 0.5) is 11.4 Å². The first-order valence-electron chi connectivity index (χ1n) is 5.47. The number of anilines is 1. The highest BCUT2D eigenvalue weighted by Gasteiger charge is 2.11. The van der Waals surface area contributed by atoms with Gasteiger partial charge in [0.1, 0.15) is 0 Å². The topological polar surface area (TPSA) is 59.3 Å². The Morgan fingerprint density at radius 2 is 1.94 bits per heavy atom. The van der Waals surface area contributed by atoms with E-state index in [9.17, 15) is 10.1 Å². The van der Waals surface area contributed by atoms with Gasteiger partial charge in [0.2, 0.25) is 0 Å². The molecule has 0 aliphatic rings. The third kappa shape index (κ3) is 2.29. The van der Waals surface area contributed by atoms with Crippen LogP contribution in [0.2, 0.25) is 0 Å². The van der Waals surface area contributed by atoms with Crippen LogP contribution in [0.3, 0.4) is 0 Å². The van der Waals surface area contributed by atoms with Crippen molar-refractivity contribution in [2.45, 2.75) is 0 Å². The highest BCUT2D eigenvalue weighted by atomic mass is 16.6. The average molecular weight is 243 g/mol. The van der Waals surface area contributed by atoms with Gasteiger partial charge in [-0.1, -0.05) is 18.2 Å². The third-order valence-electron chi connectivity index (χ3n) is 2.62. The minimum absolute atomic E-state index is 0.0496. The van der Waals surface area contributed by atoms with Gasteiger partial charge in [-0.3, -0.25) is 15.1 Å². The van der Waals surface area contributed by atoms with Crippen LogP contribution in [0.5, 0.6) is 0 Å². The predicted molar refractivity (Wildman–Crippen MR) is 70.7 cm³/mol. The lowest BCUT2D eigenvalue weighted by atomic mass is 10.1. The molecule has 5 nitrogen and oxygen atoms in total. The van der Waals surface area contributed by atoms with Crippen LogP contribution in [0.15, 0.2) is 42.6 Å². The van der Waals surface area contributed by atoms with E-state index in [1.165, 1.54) is 18.3 Å². The average Bonchev–Trinajstić information content (AvgIpc) is 2.39. The van der Waals surface area contributed by atoms with Crippen LogP contribution in [-0.2, 0) is 0 Å². The van der Waals surface area contributed by atoms with Crippen molar-refractivity contribution in [3.8, 4) is 11.3 Å². The first kappa shape index (κ1) is 12.0. The molecule has 0 atom stereocenters. The maximum atomic E-state index is 10.8. The summed E-state index contributed by atoms with van der Waals surface area (Å²) in [4.78, 5) is 16.5. The molecule has 0 saturated carbocycles. The first-order chi connectivity index (χ1) is 8.59. The summed E-state index contributed by atoms with van der Waals surface area (Å²) in [6.07, 6.45) is 1.46. The molecule has 0 bridgehead atoms. The van der Waals surface area contributed by atoms with Gasteiger partial charge in [-0.05, 0) is 6.07 Å². The van der Waals surface area contributed by atoms with Crippen LogP contribution >= 0.6 is 0 Å². The summed E-state index contributed by atoms with van der Waals surface area (Å²) in [5.74, 6) is 0. The van der Waals surface area contributed by atoms with Gasteiger partial charge in [0.05, 0.1) is 10.6 Å². The monoisotopic (exact) mass is 243 g/mol. The summed E-state index contributed by atoms with van der Waals surface area (Å²) < 4.78 is 0. The lowest BCUT2D eigenvalue weighted by Crippen LogP contribution is -2.10. The highest BCUT2D eigenvalue weighted by Crippen LogP contribution is 2.29. The van der Waals surface area contributed by atoms with E-state index in [0.717, 1.165) is 11.3 Å². The normalized spacial score (nSPS) is 10.1. The van der Waals surface area contributed by atoms with E-state index in [2.05, 4.69) is 4.98 Å². The summed E-state index contributed by atoms with van der Waals surface area (Å²) in [6, 6.07) is 10.6. The summed E-state index contributed by atoms with van der Waals surface area (Å²) in [5.41, 5.74) is 2.51. The van der Waals surface area contributed by atoms with Crippen LogP contribution < -0.4 is 4.90 Å². The highest BCUT2D eigenvalue weighted by molar-refractivity contribution is 5.76. The Morgan fingerprint density at radius 1 is 1.22 bits per heavy atom. The van der Waals surface area contributed by atoms with E-state index in [-0.39, 0.29) is 5.69 Å². The number of pyridine rings is 1. The Kier molecular flexibility index (Phi) is 3.23. The Hall–Kier alpha value is -2.43. The molecule has 92 valence electrons. The van der Waals surface area contributed by atoms with Gasteiger partial charge in [-0.2, -0.15) is 0 Å². The Morgan fingerprint density at radius 3 is 2.61 bits per heavy atom. The number of benzene rings is 1. The molecule has 0 amide bonds. The molecule has 2 aromatic rings. The number of nitro groups is 1. The maximum Gasteiger partial charge on any atom is 0.273 e. The molecule has 0 aliphatic carbocycles. The Labute approximate surface area is 105 Å². The lowest BCUT2D eigenvalue weighted by Gasteiger charge is -2.16. The molecule has 5 heteroatoms. The zero-order valence-electron chi connectivity index (χ0n) is 10.2. The number of hydrogen-bond donors (Lipinski definition) is 0. The van der Waals surface area contributed by atoms with Crippen molar-refractivity contribution in [3.05, 3.63) is 52.7 Å². The van der Waals surface area contributed by atoms with Crippen molar-refractivity contribution >= 4 is 11.4 Å². The zero-order valence-corrected chi connectivity index (χ0v) is 10.2. The second kappa shape index (κ2) is 4.83. The van der Waals surface area contributed by atoms with Crippen LogP contribution in [0.25, 0.3) is 11.3 Å². The van der Waals surface area contributed by atoms with E-state index in [0.29, 0.717) is 5.69 Å². The second-order valence-corrected chi connectivity index (χ2v) is 4.07. The quantitative estimate of drug-likeness (QED) is 0.614. The van der Waals surface area contributed by atoms with Crippen molar-refractivity contribution in [2.75, 3.05) is 19.0 Å². The van der Waals surface area contributed by atoms with Crippen molar-refractivity contribution in [3.63, 3.8) is 0 Å². The predicted octanol–water partition coefficient (Wildman–Crippen LogP) is 2.72. The molecule has 0 radical (unpaired) electrons. The molecule has 1 heterocycles. The fraction of sp³-hybridized carbons (Fsp3) is 0.154. The zero-order chi connectivity index (χ0) is 13.1. The van der Waals surface area contributed by atoms with Crippen molar-refractivity contribution in [1.29, 1.82) is 0 Å². The van der Waals surface area contributed by atoms with Crippen LogP contribution in [0.1, 0.15) is 0 Å². The smallest absolute Gasteiger partial charge is 0.273 e. The molecule has 0 aliphatic heterocycles. The van der Waals surface area contributed by atoms with Gasteiger partial charge in [-0.15, -0.1) is 0 Å². The number of hydrogen-bond acceptors (Lipinski definition) is 4. The molecule has 0 spiro atoms.